The third-order valence-electron chi connectivity index (χ3n) is 3.72. The van der Waals surface area contributed by atoms with Crippen LogP contribution in [0.3, 0.4) is 0 Å². The van der Waals surface area contributed by atoms with E-state index in [-0.39, 0.29) is 11.9 Å². The molecule has 1 heterocycles. The van der Waals surface area contributed by atoms with Gasteiger partial charge in [0, 0.05) is 18.5 Å². The summed E-state index contributed by atoms with van der Waals surface area (Å²) >= 11 is 0. The Morgan fingerprint density at radius 3 is 2.55 bits per heavy atom. The molecule has 0 spiro atoms. The number of para-hydroxylation sites is 1. The van der Waals surface area contributed by atoms with Gasteiger partial charge < -0.3 is 5.32 Å². The summed E-state index contributed by atoms with van der Waals surface area (Å²) in [6, 6.07) is 20.2. The molecule has 0 aliphatic heterocycles. The smallest absolute Gasteiger partial charge is 0.217 e. The van der Waals surface area contributed by atoms with Gasteiger partial charge in [0.2, 0.25) is 5.91 Å². The van der Waals surface area contributed by atoms with Gasteiger partial charge in [0.15, 0.2) is 0 Å². The van der Waals surface area contributed by atoms with Gasteiger partial charge in [-0.15, -0.1) is 0 Å². The van der Waals surface area contributed by atoms with Crippen molar-refractivity contribution < 1.29 is 4.79 Å². The van der Waals surface area contributed by atoms with Crippen LogP contribution in [0.15, 0.2) is 66.9 Å². The number of pyridine rings is 1. The standard InChI is InChI=1S/C19H18N2O/c1-14(22)21-19(13-15-7-3-2-4-8-15)17-11-12-20-18-10-6-5-9-16(17)18/h2-12,19H,13H2,1H3,(H,21,22). The van der Waals surface area contributed by atoms with Gasteiger partial charge in [-0.1, -0.05) is 48.5 Å². The predicted octanol–water partition coefficient (Wildman–Crippen LogP) is 3.65. The Morgan fingerprint density at radius 2 is 1.77 bits per heavy atom. The van der Waals surface area contributed by atoms with E-state index in [9.17, 15) is 4.79 Å². The number of nitrogens with one attached hydrogen (secondary N) is 1. The number of benzene rings is 2. The van der Waals surface area contributed by atoms with E-state index in [1.807, 2.05) is 42.5 Å². The van der Waals surface area contributed by atoms with Crippen molar-refractivity contribution in [2.75, 3.05) is 0 Å². The maximum atomic E-state index is 11.6. The van der Waals surface area contributed by atoms with Crippen molar-refractivity contribution in [1.82, 2.24) is 10.3 Å². The fourth-order valence-corrected chi connectivity index (χ4v) is 2.76. The average Bonchev–Trinajstić information content (AvgIpc) is 2.54. The van der Waals surface area contributed by atoms with E-state index in [2.05, 4.69) is 28.5 Å². The van der Waals surface area contributed by atoms with E-state index in [1.54, 1.807) is 13.1 Å². The van der Waals surface area contributed by atoms with E-state index >= 15 is 0 Å². The highest BCUT2D eigenvalue weighted by molar-refractivity contribution is 5.83. The molecule has 0 bridgehead atoms. The van der Waals surface area contributed by atoms with Crippen LogP contribution in [0.5, 0.6) is 0 Å². The topological polar surface area (TPSA) is 42.0 Å². The Kier molecular flexibility index (Phi) is 4.15. The maximum Gasteiger partial charge on any atom is 0.217 e. The molecule has 2 aromatic carbocycles. The van der Waals surface area contributed by atoms with Crippen LogP contribution >= 0.6 is 0 Å². The first-order valence-corrected chi connectivity index (χ1v) is 7.39. The van der Waals surface area contributed by atoms with E-state index in [4.69, 9.17) is 0 Å². The Morgan fingerprint density at radius 1 is 1.05 bits per heavy atom. The Hall–Kier alpha value is -2.68. The molecule has 110 valence electrons. The molecule has 0 fully saturated rings. The van der Waals surface area contributed by atoms with Crippen LogP contribution in [0.2, 0.25) is 0 Å². The highest BCUT2D eigenvalue weighted by Gasteiger charge is 2.16. The summed E-state index contributed by atoms with van der Waals surface area (Å²) in [5.41, 5.74) is 3.25. The molecule has 0 radical (unpaired) electrons. The number of carbonyl (C=O) groups is 1. The van der Waals surface area contributed by atoms with Crippen molar-refractivity contribution in [3.63, 3.8) is 0 Å². The number of fused-ring (bicyclic) bond motifs is 1. The van der Waals surface area contributed by atoms with Crippen molar-refractivity contribution >= 4 is 16.8 Å². The molecule has 22 heavy (non-hydrogen) atoms. The Balaban J connectivity index is 2.02. The van der Waals surface area contributed by atoms with Gasteiger partial charge in [-0.05, 0) is 29.7 Å². The molecule has 3 rings (SSSR count). The van der Waals surface area contributed by atoms with E-state index in [0.29, 0.717) is 0 Å². The zero-order valence-corrected chi connectivity index (χ0v) is 12.5. The summed E-state index contributed by atoms with van der Waals surface area (Å²) in [7, 11) is 0. The van der Waals surface area contributed by atoms with Crippen molar-refractivity contribution in [1.29, 1.82) is 0 Å². The van der Waals surface area contributed by atoms with Crippen LogP contribution in [0.1, 0.15) is 24.1 Å². The molecule has 3 heteroatoms. The second kappa shape index (κ2) is 6.39. The van der Waals surface area contributed by atoms with Gasteiger partial charge >= 0.3 is 0 Å². The number of hydrogen-bond acceptors (Lipinski definition) is 2. The fraction of sp³-hybridized carbons (Fsp3) is 0.158. The number of nitrogens with zero attached hydrogens (tertiary/aromatic N) is 1. The minimum atomic E-state index is -0.0622. The summed E-state index contributed by atoms with van der Waals surface area (Å²) in [6.45, 7) is 1.56. The molecule has 3 aromatic rings. The zero-order valence-electron chi connectivity index (χ0n) is 12.5. The lowest BCUT2D eigenvalue weighted by Gasteiger charge is -2.20. The molecule has 3 nitrogen and oxygen atoms in total. The quantitative estimate of drug-likeness (QED) is 0.797. The largest absolute Gasteiger partial charge is 0.349 e. The van der Waals surface area contributed by atoms with Crippen LogP contribution in [0.4, 0.5) is 0 Å². The Labute approximate surface area is 130 Å². The van der Waals surface area contributed by atoms with Crippen molar-refractivity contribution in [2.45, 2.75) is 19.4 Å². The zero-order chi connectivity index (χ0) is 15.4. The number of amides is 1. The maximum absolute atomic E-state index is 11.6. The first-order chi connectivity index (χ1) is 10.7. The first kappa shape index (κ1) is 14.3. The minimum Gasteiger partial charge on any atom is -0.349 e. The van der Waals surface area contributed by atoms with Gasteiger partial charge in [0.05, 0.1) is 11.6 Å². The number of aromatic nitrogens is 1. The molecular formula is C19H18N2O. The number of carbonyl (C=O) groups excluding carboxylic acids is 1. The first-order valence-electron chi connectivity index (χ1n) is 7.39. The SMILES string of the molecule is CC(=O)NC(Cc1ccccc1)c1ccnc2ccccc12. The van der Waals surface area contributed by atoms with E-state index < -0.39 is 0 Å². The lowest BCUT2D eigenvalue weighted by atomic mass is 9.96. The molecule has 1 aromatic heterocycles. The second-order valence-corrected chi connectivity index (χ2v) is 5.36. The molecule has 0 aliphatic rings. The lowest BCUT2D eigenvalue weighted by Crippen LogP contribution is -2.27. The molecule has 0 aliphatic carbocycles. The second-order valence-electron chi connectivity index (χ2n) is 5.36. The molecule has 1 atom stereocenters. The van der Waals surface area contributed by atoms with Crippen molar-refractivity contribution in [3.8, 4) is 0 Å². The summed E-state index contributed by atoms with van der Waals surface area (Å²) in [5.74, 6) is -0.0261. The third-order valence-corrected chi connectivity index (χ3v) is 3.72. The molecule has 1 N–H and O–H groups in total. The number of rotatable bonds is 4. The predicted molar refractivity (Wildman–Crippen MR) is 88.4 cm³/mol. The third kappa shape index (κ3) is 3.14. The van der Waals surface area contributed by atoms with Crippen molar-refractivity contribution in [2.24, 2.45) is 0 Å². The van der Waals surface area contributed by atoms with Crippen LogP contribution in [-0.4, -0.2) is 10.9 Å². The van der Waals surface area contributed by atoms with Crippen LogP contribution in [-0.2, 0) is 11.2 Å². The molecular weight excluding hydrogens is 272 g/mol. The van der Waals surface area contributed by atoms with Gasteiger partial charge in [-0.2, -0.15) is 0 Å². The van der Waals surface area contributed by atoms with Crippen LogP contribution in [0, 0.1) is 0 Å². The van der Waals surface area contributed by atoms with Crippen molar-refractivity contribution in [3.05, 3.63) is 78.0 Å². The molecule has 0 saturated carbocycles. The average molecular weight is 290 g/mol. The van der Waals surface area contributed by atoms with Crippen LogP contribution in [0.25, 0.3) is 10.9 Å². The molecule has 1 amide bonds. The van der Waals surface area contributed by atoms with Gasteiger partial charge in [-0.25, -0.2) is 0 Å². The summed E-state index contributed by atoms with van der Waals surface area (Å²) in [5, 5.41) is 4.15. The minimum absolute atomic E-state index is 0.0261. The van der Waals surface area contributed by atoms with Gasteiger partial charge in [0.25, 0.3) is 0 Å². The van der Waals surface area contributed by atoms with Gasteiger partial charge in [-0.3, -0.25) is 9.78 Å². The summed E-state index contributed by atoms with van der Waals surface area (Å²) in [4.78, 5) is 16.0. The summed E-state index contributed by atoms with van der Waals surface area (Å²) in [6.07, 6.45) is 2.56. The highest BCUT2D eigenvalue weighted by atomic mass is 16.1. The molecule has 1 unspecified atom stereocenters. The molecule has 0 saturated heterocycles. The fourth-order valence-electron chi connectivity index (χ4n) is 2.76. The number of hydrogen-bond donors (Lipinski definition) is 1. The van der Waals surface area contributed by atoms with Crippen LogP contribution < -0.4 is 5.32 Å². The highest BCUT2D eigenvalue weighted by Crippen LogP contribution is 2.25. The Bertz CT molecular complexity index is 778. The monoisotopic (exact) mass is 290 g/mol. The lowest BCUT2D eigenvalue weighted by molar-refractivity contribution is -0.119. The normalized spacial score (nSPS) is 12.0. The van der Waals surface area contributed by atoms with Gasteiger partial charge in [0.1, 0.15) is 0 Å². The summed E-state index contributed by atoms with van der Waals surface area (Å²) < 4.78 is 0. The van der Waals surface area contributed by atoms with E-state index in [1.165, 1.54) is 5.56 Å². The van der Waals surface area contributed by atoms with E-state index in [0.717, 1.165) is 22.9 Å².